The third-order valence-corrected chi connectivity index (χ3v) is 5.57. The average Bonchev–Trinajstić information content (AvgIpc) is 2.99. The fraction of sp³-hybridized carbons (Fsp3) is 0.150. The predicted octanol–water partition coefficient (Wildman–Crippen LogP) is 3.62. The van der Waals surface area contributed by atoms with Crippen molar-refractivity contribution in [1.82, 2.24) is 20.2 Å². The minimum atomic E-state index is -0.262. The summed E-state index contributed by atoms with van der Waals surface area (Å²) >= 11 is 1.37. The molecule has 0 aliphatic carbocycles. The van der Waals surface area contributed by atoms with Crippen LogP contribution in [0.25, 0.3) is 21.5 Å². The summed E-state index contributed by atoms with van der Waals surface area (Å²) in [6.45, 7) is 5.69. The Kier molecular flexibility index (Phi) is 4.48. The van der Waals surface area contributed by atoms with Crippen LogP contribution in [0, 0.1) is 20.8 Å². The monoisotopic (exact) mass is 391 g/mol. The van der Waals surface area contributed by atoms with Gasteiger partial charge < -0.3 is 5.32 Å². The van der Waals surface area contributed by atoms with Crippen LogP contribution >= 0.6 is 11.3 Å². The lowest BCUT2D eigenvalue weighted by molar-refractivity contribution is 0.103. The normalized spacial score (nSPS) is 11.0. The fourth-order valence-corrected chi connectivity index (χ4v) is 4.31. The quantitative estimate of drug-likeness (QED) is 0.555. The second-order valence-corrected chi connectivity index (χ2v) is 7.43. The van der Waals surface area contributed by atoms with Crippen molar-refractivity contribution in [2.75, 3.05) is 5.32 Å². The Hall–Kier alpha value is -3.39. The van der Waals surface area contributed by atoms with E-state index in [4.69, 9.17) is 0 Å². The molecule has 0 aliphatic heterocycles. The first-order valence-electron chi connectivity index (χ1n) is 8.64. The van der Waals surface area contributed by atoms with E-state index in [9.17, 15) is 9.59 Å². The number of nitrogens with one attached hydrogen (secondary N) is 2. The molecule has 3 aromatic heterocycles. The van der Waals surface area contributed by atoms with Crippen LogP contribution in [-0.4, -0.2) is 26.1 Å². The molecule has 0 atom stereocenters. The zero-order valence-electron chi connectivity index (χ0n) is 15.5. The first kappa shape index (κ1) is 18.0. The summed E-state index contributed by atoms with van der Waals surface area (Å²) in [7, 11) is 0. The van der Waals surface area contributed by atoms with E-state index in [-0.39, 0.29) is 11.5 Å². The number of amides is 1. The molecule has 0 radical (unpaired) electrons. The molecule has 0 unspecified atom stereocenters. The van der Waals surface area contributed by atoms with Crippen LogP contribution in [0.4, 0.5) is 5.69 Å². The molecule has 7 nitrogen and oxygen atoms in total. The number of hydrogen-bond donors (Lipinski definition) is 2. The first-order chi connectivity index (χ1) is 13.4. The van der Waals surface area contributed by atoms with Crippen LogP contribution in [-0.2, 0) is 0 Å². The van der Waals surface area contributed by atoms with Crippen LogP contribution in [0.1, 0.15) is 26.8 Å². The van der Waals surface area contributed by atoms with Crippen molar-refractivity contribution in [3.05, 3.63) is 68.7 Å². The number of benzene rings is 1. The largest absolute Gasteiger partial charge is 0.321 e. The van der Waals surface area contributed by atoms with E-state index in [1.807, 2.05) is 45.0 Å². The molecule has 1 aromatic carbocycles. The smallest absolute Gasteiger partial charge is 0.266 e. The molecule has 0 aliphatic rings. The molecule has 0 fully saturated rings. The molecule has 28 heavy (non-hydrogen) atoms. The lowest BCUT2D eigenvalue weighted by atomic mass is 10.1. The molecule has 0 spiro atoms. The van der Waals surface area contributed by atoms with Crippen LogP contribution in [0.2, 0.25) is 0 Å². The van der Waals surface area contributed by atoms with Crippen molar-refractivity contribution >= 4 is 33.1 Å². The number of nitrogens with zero attached hydrogens (tertiary/aromatic N) is 3. The van der Waals surface area contributed by atoms with Gasteiger partial charge in [0.05, 0.1) is 10.6 Å². The van der Waals surface area contributed by atoms with Crippen molar-refractivity contribution < 1.29 is 4.79 Å². The molecule has 0 bridgehead atoms. The van der Waals surface area contributed by atoms with E-state index in [0.29, 0.717) is 22.1 Å². The molecule has 4 aromatic rings. The SMILES string of the molecule is Cc1nc(C)c2c(C)c(C(=O)Nc3cccc(-c4ccc(=O)[nH]n4)c3)sc2n1. The summed E-state index contributed by atoms with van der Waals surface area (Å²) in [5, 5.41) is 10.3. The Morgan fingerprint density at radius 1 is 1.11 bits per heavy atom. The summed E-state index contributed by atoms with van der Waals surface area (Å²) in [6.07, 6.45) is 0. The number of hydrogen-bond acceptors (Lipinski definition) is 6. The van der Waals surface area contributed by atoms with E-state index >= 15 is 0 Å². The number of H-pyrrole nitrogens is 1. The topological polar surface area (TPSA) is 101 Å². The zero-order chi connectivity index (χ0) is 19.8. The highest BCUT2D eigenvalue weighted by atomic mass is 32.1. The highest BCUT2D eigenvalue weighted by Crippen LogP contribution is 2.32. The number of aromatic amines is 1. The van der Waals surface area contributed by atoms with E-state index < -0.39 is 0 Å². The molecule has 2 N–H and O–H groups in total. The highest BCUT2D eigenvalue weighted by molar-refractivity contribution is 7.20. The van der Waals surface area contributed by atoms with Crippen LogP contribution in [0.15, 0.2) is 41.2 Å². The number of aromatic nitrogens is 4. The Balaban J connectivity index is 1.66. The Morgan fingerprint density at radius 2 is 1.93 bits per heavy atom. The zero-order valence-corrected chi connectivity index (χ0v) is 16.3. The minimum absolute atomic E-state index is 0.191. The summed E-state index contributed by atoms with van der Waals surface area (Å²) < 4.78 is 0. The number of carbonyl (C=O) groups excluding carboxylic acids is 1. The van der Waals surface area contributed by atoms with Crippen molar-refractivity contribution in [2.45, 2.75) is 20.8 Å². The second-order valence-electron chi connectivity index (χ2n) is 6.43. The standard InChI is InChI=1S/C20H17N5O2S/c1-10-17-11(2)21-12(3)22-20(17)28-18(10)19(27)23-14-6-4-5-13(9-14)15-7-8-16(26)25-24-15/h4-9H,1-3H3,(H,23,27)(H,25,26). The third-order valence-electron chi connectivity index (χ3n) is 4.38. The van der Waals surface area contributed by atoms with E-state index in [1.165, 1.54) is 17.4 Å². The molecule has 4 rings (SSSR count). The van der Waals surface area contributed by atoms with Gasteiger partial charge in [0.2, 0.25) is 0 Å². The van der Waals surface area contributed by atoms with Crippen LogP contribution in [0.5, 0.6) is 0 Å². The molecule has 0 saturated carbocycles. The maximum atomic E-state index is 12.9. The fourth-order valence-electron chi connectivity index (χ4n) is 3.14. The van der Waals surface area contributed by atoms with Gasteiger partial charge >= 0.3 is 0 Å². The first-order valence-corrected chi connectivity index (χ1v) is 9.46. The van der Waals surface area contributed by atoms with E-state index in [1.54, 1.807) is 6.07 Å². The van der Waals surface area contributed by atoms with Crippen LogP contribution in [0.3, 0.4) is 0 Å². The average molecular weight is 391 g/mol. The van der Waals surface area contributed by atoms with Crippen molar-refractivity contribution in [3.63, 3.8) is 0 Å². The maximum absolute atomic E-state index is 12.9. The maximum Gasteiger partial charge on any atom is 0.266 e. The number of rotatable bonds is 3. The number of fused-ring (bicyclic) bond motifs is 1. The predicted molar refractivity (Wildman–Crippen MR) is 110 cm³/mol. The van der Waals surface area contributed by atoms with Crippen molar-refractivity contribution in [2.24, 2.45) is 0 Å². The van der Waals surface area contributed by atoms with Gasteiger partial charge in [0.25, 0.3) is 11.5 Å². The Morgan fingerprint density at radius 3 is 2.68 bits per heavy atom. The second kappa shape index (κ2) is 6.97. The number of aryl methyl sites for hydroxylation is 3. The molecular weight excluding hydrogens is 374 g/mol. The lowest BCUT2D eigenvalue weighted by Crippen LogP contribution is -2.11. The molecular formula is C20H17N5O2S. The minimum Gasteiger partial charge on any atom is -0.321 e. The molecule has 140 valence electrons. The molecule has 1 amide bonds. The summed E-state index contributed by atoms with van der Waals surface area (Å²) in [5.74, 6) is 0.503. The van der Waals surface area contributed by atoms with Gasteiger partial charge in [-0.25, -0.2) is 15.1 Å². The molecule has 3 heterocycles. The van der Waals surface area contributed by atoms with Crippen molar-refractivity contribution in [3.8, 4) is 11.3 Å². The van der Waals surface area contributed by atoms with Crippen molar-refractivity contribution in [1.29, 1.82) is 0 Å². The number of anilines is 1. The summed E-state index contributed by atoms with van der Waals surface area (Å²) in [4.78, 5) is 34.4. The van der Waals surface area contributed by atoms with Gasteiger partial charge in [-0.2, -0.15) is 5.10 Å². The van der Waals surface area contributed by atoms with Gasteiger partial charge in [-0.3, -0.25) is 9.59 Å². The van der Waals surface area contributed by atoms with Gasteiger partial charge in [-0.1, -0.05) is 12.1 Å². The van der Waals surface area contributed by atoms with Gasteiger partial charge in [0, 0.05) is 28.4 Å². The van der Waals surface area contributed by atoms with Gasteiger partial charge in [-0.05, 0) is 44.5 Å². The number of thiophene rings is 1. The van der Waals surface area contributed by atoms with Gasteiger partial charge in [-0.15, -0.1) is 11.3 Å². The summed E-state index contributed by atoms with van der Waals surface area (Å²) in [6, 6.07) is 10.4. The van der Waals surface area contributed by atoms with Crippen LogP contribution < -0.4 is 10.9 Å². The Labute approximate surface area is 164 Å². The summed E-state index contributed by atoms with van der Waals surface area (Å²) in [5.41, 5.74) is 3.55. The van der Waals surface area contributed by atoms with E-state index in [0.717, 1.165) is 27.0 Å². The Bertz CT molecular complexity index is 1260. The molecule has 0 saturated heterocycles. The van der Waals surface area contributed by atoms with Gasteiger partial charge in [0.1, 0.15) is 10.7 Å². The van der Waals surface area contributed by atoms with Gasteiger partial charge in [0.15, 0.2) is 0 Å². The number of carbonyl (C=O) groups is 1. The third kappa shape index (κ3) is 3.29. The van der Waals surface area contributed by atoms with E-state index in [2.05, 4.69) is 25.5 Å². The highest BCUT2D eigenvalue weighted by Gasteiger charge is 2.19. The lowest BCUT2D eigenvalue weighted by Gasteiger charge is -2.07. The molecule has 8 heteroatoms.